The van der Waals surface area contributed by atoms with Crippen LogP contribution in [-0.4, -0.2) is 12.6 Å². The Morgan fingerprint density at radius 2 is 2.21 bits per heavy atom. The van der Waals surface area contributed by atoms with Crippen molar-refractivity contribution in [3.63, 3.8) is 0 Å². The molecule has 1 aromatic carbocycles. The van der Waals surface area contributed by atoms with Crippen LogP contribution in [0.5, 0.6) is 0 Å². The van der Waals surface area contributed by atoms with Gasteiger partial charge in [0, 0.05) is 15.5 Å². The van der Waals surface area contributed by atoms with E-state index in [4.69, 9.17) is 22.1 Å². The third-order valence-electron chi connectivity index (χ3n) is 2.42. The summed E-state index contributed by atoms with van der Waals surface area (Å²) in [4.78, 5) is 12.5. The first-order chi connectivity index (χ1) is 9.02. The van der Waals surface area contributed by atoms with Gasteiger partial charge in [0.15, 0.2) is 0 Å². The molecule has 2 rings (SSSR count). The van der Waals surface area contributed by atoms with E-state index in [9.17, 15) is 9.18 Å². The van der Waals surface area contributed by atoms with E-state index in [2.05, 4.69) is 0 Å². The summed E-state index contributed by atoms with van der Waals surface area (Å²) in [6, 6.07) is 5.78. The third kappa shape index (κ3) is 2.88. The molecule has 6 heteroatoms. The van der Waals surface area contributed by atoms with Crippen LogP contribution in [0.4, 0.5) is 10.1 Å². The fourth-order valence-electron chi connectivity index (χ4n) is 1.58. The monoisotopic (exact) mass is 299 g/mol. The Balaban J connectivity index is 2.44. The summed E-state index contributed by atoms with van der Waals surface area (Å²) in [5.41, 5.74) is 6.35. The third-order valence-corrected chi connectivity index (χ3v) is 3.81. The van der Waals surface area contributed by atoms with Crippen molar-refractivity contribution in [3.05, 3.63) is 40.0 Å². The molecule has 3 nitrogen and oxygen atoms in total. The summed E-state index contributed by atoms with van der Waals surface area (Å²) in [5, 5.41) is 0.418. The van der Waals surface area contributed by atoms with Gasteiger partial charge in [-0.1, -0.05) is 11.6 Å². The topological polar surface area (TPSA) is 52.3 Å². The summed E-state index contributed by atoms with van der Waals surface area (Å²) in [6.45, 7) is 1.97. The molecule has 0 unspecified atom stereocenters. The van der Waals surface area contributed by atoms with Crippen LogP contribution in [0.3, 0.4) is 0 Å². The number of carbonyl (C=O) groups excluding carboxylic acids is 1. The smallest absolute Gasteiger partial charge is 0.350 e. The summed E-state index contributed by atoms with van der Waals surface area (Å²) in [6.07, 6.45) is 0. The molecule has 1 aromatic heterocycles. The van der Waals surface area contributed by atoms with Gasteiger partial charge in [-0.2, -0.15) is 0 Å². The van der Waals surface area contributed by atoms with Gasteiger partial charge in [0.1, 0.15) is 10.7 Å². The number of thiophene rings is 1. The van der Waals surface area contributed by atoms with Crippen molar-refractivity contribution in [2.24, 2.45) is 0 Å². The Bertz CT molecular complexity index is 627. The zero-order valence-electron chi connectivity index (χ0n) is 10.1. The van der Waals surface area contributed by atoms with Gasteiger partial charge in [0.25, 0.3) is 0 Å². The van der Waals surface area contributed by atoms with Crippen LogP contribution >= 0.6 is 22.9 Å². The molecule has 19 heavy (non-hydrogen) atoms. The van der Waals surface area contributed by atoms with Crippen LogP contribution in [-0.2, 0) is 4.74 Å². The Labute approximate surface area is 118 Å². The summed E-state index contributed by atoms with van der Waals surface area (Å²) in [5.74, 6) is -0.917. The number of ether oxygens (including phenoxy) is 1. The van der Waals surface area contributed by atoms with Crippen LogP contribution in [0.15, 0.2) is 24.3 Å². The van der Waals surface area contributed by atoms with Crippen molar-refractivity contribution in [2.75, 3.05) is 12.3 Å². The molecular weight excluding hydrogens is 289 g/mol. The minimum atomic E-state index is -0.501. The van der Waals surface area contributed by atoms with Crippen LogP contribution in [0.2, 0.25) is 5.02 Å². The van der Waals surface area contributed by atoms with Gasteiger partial charge in [0.2, 0.25) is 0 Å². The van der Waals surface area contributed by atoms with Gasteiger partial charge >= 0.3 is 5.97 Å². The number of nitrogens with two attached hydrogens (primary N) is 1. The molecular formula is C13H11ClFNO2S. The van der Waals surface area contributed by atoms with Gasteiger partial charge in [-0.3, -0.25) is 0 Å². The molecule has 0 atom stereocenters. The molecule has 0 fully saturated rings. The Morgan fingerprint density at radius 1 is 1.47 bits per heavy atom. The minimum Gasteiger partial charge on any atom is -0.462 e. The fourth-order valence-corrected chi connectivity index (χ4v) is 2.74. The largest absolute Gasteiger partial charge is 0.462 e. The Morgan fingerprint density at radius 3 is 2.89 bits per heavy atom. The van der Waals surface area contributed by atoms with Crippen molar-refractivity contribution < 1.29 is 13.9 Å². The Hall–Kier alpha value is -1.59. The van der Waals surface area contributed by atoms with Crippen molar-refractivity contribution in [3.8, 4) is 10.4 Å². The first-order valence-electron chi connectivity index (χ1n) is 5.54. The molecule has 0 aliphatic heterocycles. The van der Waals surface area contributed by atoms with E-state index < -0.39 is 11.8 Å². The zero-order chi connectivity index (χ0) is 14.0. The SMILES string of the molecule is CCOC(=O)c1sc(-c2cc(Cl)ccc2F)cc1N. The maximum absolute atomic E-state index is 13.7. The molecule has 1 heterocycles. The second-order valence-corrected chi connectivity index (χ2v) is 5.23. The van der Waals surface area contributed by atoms with Gasteiger partial charge in [0.05, 0.1) is 12.3 Å². The van der Waals surface area contributed by atoms with Gasteiger partial charge in [-0.25, -0.2) is 9.18 Å². The average molecular weight is 300 g/mol. The second kappa shape index (κ2) is 5.59. The maximum Gasteiger partial charge on any atom is 0.350 e. The van der Waals surface area contributed by atoms with E-state index in [1.54, 1.807) is 13.0 Å². The number of rotatable bonds is 3. The maximum atomic E-state index is 13.7. The van der Waals surface area contributed by atoms with E-state index >= 15 is 0 Å². The van der Waals surface area contributed by atoms with E-state index in [0.29, 0.717) is 15.5 Å². The van der Waals surface area contributed by atoms with Crippen LogP contribution in [0.1, 0.15) is 16.6 Å². The highest BCUT2D eigenvalue weighted by molar-refractivity contribution is 7.18. The lowest BCUT2D eigenvalue weighted by atomic mass is 10.1. The Kier molecular flexibility index (Phi) is 4.07. The van der Waals surface area contributed by atoms with Gasteiger partial charge in [-0.15, -0.1) is 11.3 Å². The molecule has 0 saturated carbocycles. The molecule has 0 radical (unpaired) electrons. The number of hydrogen-bond acceptors (Lipinski definition) is 4. The van der Waals surface area contributed by atoms with Crippen molar-refractivity contribution >= 4 is 34.6 Å². The van der Waals surface area contributed by atoms with Crippen molar-refractivity contribution in [2.45, 2.75) is 6.92 Å². The first-order valence-corrected chi connectivity index (χ1v) is 6.74. The predicted octanol–water partition coefficient (Wildman–Crippen LogP) is 3.97. The number of hydrogen-bond donors (Lipinski definition) is 1. The summed E-state index contributed by atoms with van der Waals surface area (Å²) < 4.78 is 18.6. The van der Waals surface area contributed by atoms with Crippen molar-refractivity contribution in [1.82, 2.24) is 0 Å². The second-order valence-electron chi connectivity index (χ2n) is 3.74. The molecule has 0 amide bonds. The lowest BCUT2D eigenvalue weighted by Crippen LogP contribution is -2.04. The number of benzene rings is 1. The van der Waals surface area contributed by atoms with Crippen molar-refractivity contribution in [1.29, 1.82) is 0 Å². The molecule has 0 aliphatic rings. The number of anilines is 1. The quantitative estimate of drug-likeness (QED) is 0.873. The standard InChI is InChI=1S/C13H11ClFNO2S/c1-2-18-13(17)12-10(16)6-11(19-12)8-5-7(14)3-4-9(8)15/h3-6H,2,16H2,1H3. The molecule has 0 aliphatic carbocycles. The molecule has 2 aromatic rings. The highest BCUT2D eigenvalue weighted by Gasteiger charge is 2.18. The minimum absolute atomic E-state index is 0.261. The molecule has 0 bridgehead atoms. The van der Waals surface area contributed by atoms with E-state index in [1.807, 2.05) is 0 Å². The normalized spacial score (nSPS) is 10.5. The van der Waals surface area contributed by atoms with Crippen LogP contribution in [0, 0.1) is 5.82 Å². The zero-order valence-corrected chi connectivity index (χ0v) is 11.6. The lowest BCUT2D eigenvalue weighted by Gasteiger charge is -2.00. The number of halogens is 2. The highest BCUT2D eigenvalue weighted by atomic mass is 35.5. The number of carbonyl (C=O) groups is 1. The van der Waals surface area contributed by atoms with Crippen LogP contribution in [0.25, 0.3) is 10.4 Å². The molecule has 0 saturated heterocycles. The first kappa shape index (κ1) is 13.8. The molecule has 100 valence electrons. The molecule has 0 spiro atoms. The van der Waals surface area contributed by atoms with E-state index in [0.717, 1.165) is 11.3 Å². The number of nitrogen functional groups attached to an aromatic ring is 1. The molecule has 2 N–H and O–H groups in total. The summed E-state index contributed by atoms with van der Waals surface area (Å²) in [7, 11) is 0. The van der Waals surface area contributed by atoms with E-state index in [1.165, 1.54) is 18.2 Å². The van der Waals surface area contributed by atoms with Crippen LogP contribution < -0.4 is 5.73 Å². The fraction of sp³-hybridized carbons (Fsp3) is 0.154. The number of esters is 1. The van der Waals surface area contributed by atoms with Gasteiger partial charge < -0.3 is 10.5 Å². The highest BCUT2D eigenvalue weighted by Crippen LogP contribution is 2.36. The average Bonchev–Trinajstić information content (AvgIpc) is 2.74. The lowest BCUT2D eigenvalue weighted by molar-refractivity contribution is 0.0533. The van der Waals surface area contributed by atoms with E-state index in [-0.39, 0.29) is 17.2 Å². The van der Waals surface area contributed by atoms with Gasteiger partial charge in [-0.05, 0) is 31.2 Å². The summed E-state index contributed by atoms with van der Waals surface area (Å²) >= 11 is 6.93. The predicted molar refractivity (Wildman–Crippen MR) is 75.1 cm³/mol.